The fourth-order valence-electron chi connectivity index (χ4n) is 1.85. The number of imidazole rings is 1. The summed E-state index contributed by atoms with van der Waals surface area (Å²) in [5.41, 5.74) is 2.14. The van der Waals surface area contributed by atoms with Gasteiger partial charge < -0.3 is 10.3 Å². The number of halogens is 1. The van der Waals surface area contributed by atoms with Crippen LogP contribution in [0.5, 0.6) is 0 Å². The highest BCUT2D eigenvalue weighted by molar-refractivity contribution is 9.10. The zero-order valence-corrected chi connectivity index (χ0v) is 10.5. The quantitative estimate of drug-likeness (QED) is 0.903. The van der Waals surface area contributed by atoms with Crippen molar-refractivity contribution in [3.8, 4) is 0 Å². The van der Waals surface area contributed by atoms with Crippen molar-refractivity contribution in [3.05, 3.63) is 28.5 Å². The van der Waals surface area contributed by atoms with Crippen LogP contribution in [0.3, 0.4) is 0 Å². The summed E-state index contributed by atoms with van der Waals surface area (Å²) in [6.07, 6.45) is 3.65. The second-order valence-electron chi connectivity index (χ2n) is 4.30. The van der Waals surface area contributed by atoms with E-state index in [1.165, 1.54) is 12.8 Å². The molecule has 0 spiro atoms. The van der Waals surface area contributed by atoms with Gasteiger partial charge in [-0.05, 0) is 40.9 Å². The van der Waals surface area contributed by atoms with E-state index >= 15 is 0 Å². The Morgan fingerprint density at radius 3 is 3.06 bits per heavy atom. The molecule has 0 aliphatic heterocycles. The number of benzene rings is 1. The number of H-pyrrole nitrogens is 1. The summed E-state index contributed by atoms with van der Waals surface area (Å²) in [6, 6.07) is 6.88. The largest absolute Gasteiger partial charge is 0.342 e. The van der Waals surface area contributed by atoms with Crippen molar-refractivity contribution >= 4 is 27.0 Å². The van der Waals surface area contributed by atoms with E-state index in [4.69, 9.17) is 0 Å². The van der Waals surface area contributed by atoms with Crippen molar-refractivity contribution in [2.75, 3.05) is 6.54 Å². The lowest BCUT2D eigenvalue weighted by atomic mass is 10.3. The minimum absolute atomic E-state index is 0.774. The zero-order chi connectivity index (χ0) is 11.0. The molecule has 1 aromatic carbocycles. The molecule has 0 saturated heterocycles. The number of para-hydroxylation sites is 1. The summed E-state index contributed by atoms with van der Waals surface area (Å²) in [5, 5.41) is 3.49. The molecular formula is C12H14BrN3. The monoisotopic (exact) mass is 279 g/mol. The predicted octanol–water partition coefficient (Wildman–Crippen LogP) is 2.62. The minimum atomic E-state index is 0.774. The van der Waals surface area contributed by atoms with E-state index in [1.54, 1.807) is 0 Å². The SMILES string of the molecule is Brc1cccc2[nH]c(CCNC3CC3)nc12. The summed E-state index contributed by atoms with van der Waals surface area (Å²) in [4.78, 5) is 7.94. The number of nitrogens with zero attached hydrogens (tertiary/aromatic N) is 1. The highest BCUT2D eigenvalue weighted by Crippen LogP contribution is 2.22. The maximum Gasteiger partial charge on any atom is 0.108 e. The smallest absolute Gasteiger partial charge is 0.108 e. The molecule has 0 bridgehead atoms. The second kappa shape index (κ2) is 4.18. The Bertz CT molecular complexity index is 502. The lowest BCUT2D eigenvalue weighted by Crippen LogP contribution is -2.19. The van der Waals surface area contributed by atoms with Gasteiger partial charge in [0.1, 0.15) is 11.3 Å². The van der Waals surface area contributed by atoms with Gasteiger partial charge in [0.05, 0.1) is 5.52 Å². The van der Waals surface area contributed by atoms with E-state index in [-0.39, 0.29) is 0 Å². The minimum Gasteiger partial charge on any atom is -0.342 e. The van der Waals surface area contributed by atoms with Gasteiger partial charge in [-0.2, -0.15) is 0 Å². The third kappa shape index (κ3) is 2.13. The number of nitrogens with one attached hydrogen (secondary N) is 2. The molecule has 1 aromatic heterocycles. The third-order valence-corrected chi connectivity index (χ3v) is 3.52. The van der Waals surface area contributed by atoms with Crippen LogP contribution in [0.2, 0.25) is 0 Å². The average Bonchev–Trinajstić information content (AvgIpc) is 2.98. The number of aromatic nitrogens is 2. The molecule has 1 aliphatic carbocycles. The Morgan fingerprint density at radius 2 is 2.31 bits per heavy atom. The van der Waals surface area contributed by atoms with E-state index in [0.717, 1.165) is 40.3 Å². The predicted molar refractivity (Wildman–Crippen MR) is 68.5 cm³/mol. The van der Waals surface area contributed by atoms with Crippen LogP contribution in [0.25, 0.3) is 11.0 Å². The van der Waals surface area contributed by atoms with Crippen LogP contribution in [-0.4, -0.2) is 22.6 Å². The van der Waals surface area contributed by atoms with Crippen LogP contribution < -0.4 is 5.32 Å². The van der Waals surface area contributed by atoms with Crippen molar-refractivity contribution in [1.82, 2.24) is 15.3 Å². The molecule has 3 nitrogen and oxygen atoms in total. The molecule has 1 fully saturated rings. The summed E-state index contributed by atoms with van der Waals surface area (Å²) < 4.78 is 1.06. The molecule has 0 amide bonds. The van der Waals surface area contributed by atoms with Gasteiger partial charge in [-0.25, -0.2) is 4.98 Å². The molecule has 16 heavy (non-hydrogen) atoms. The Kier molecular flexibility index (Phi) is 2.69. The van der Waals surface area contributed by atoms with Gasteiger partial charge in [0, 0.05) is 23.5 Å². The average molecular weight is 280 g/mol. The van der Waals surface area contributed by atoms with Crippen LogP contribution in [0.4, 0.5) is 0 Å². The van der Waals surface area contributed by atoms with Crippen molar-refractivity contribution in [2.24, 2.45) is 0 Å². The topological polar surface area (TPSA) is 40.7 Å². The summed E-state index contributed by atoms with van der Waals surface area (Å²) in [7, 11) is 0. The lowest BCUT2D eigenvalue weighted by Gasteiger charge is -1.98. The Hall–Kier alpha value is -0.870. The van der Waals surface area contributed by atoms with E-state index in [9.17, 15) is 0 Å². The molecule has 84 valence electrons. The first-order valence-corrected chi connectivity index (χ1v) is 6.49. The van der Waals surface area contributed by atoms with Crippen molar-refractivity contribution < 1.29 is 0 Å². The standard InChI is InChI=1S/C12H14BrN3/c13-9-2-1-3-10-12(9)16-11(15-10)6-7-14-8-4-5-8/h1-3,8,14H,4-7H2,(H,15,16). The van der Waals surface area contributed by atoms with Gasteiger partial charge in [0.15, 0.2) is 0 Å². The molecule has 2 N–H and O–H groups in total. The number of fused-ring (bicyclic) bond motifs is 1. The number of hydrogen-bond donors (Lipinski definition) is 2. The van der Waals surface area contributed by atoms with Gasteiger partial charge in [0.2, 0.25) is 0 Å². The molecule has 1 heterocycles. The van der Waals surface area contributed by atoms with Crippen molar-refractivity contribution in [3.63, 3.8) is 0 Å². The van der Waals surface area contributed by atoms with Crippen LogP contribution >= 0.6 is 15.9 Å². The fourth-order valence-corrected chi connectivity index (χ4v) is 2.30. The maximum atomic E-state index is 4.59. The maximum absolute atomic E-state index is 4.59. The Labute approximate surface area is 103 Å². The fraction of sp³-hybridized carbons (Fsp3) is 0.417. The molecule has 4 heteroatoms. The highest BCUT2D eigenvalue weighted by Gasteiger charge is 2.19. The number of hydrogen-bond acceptors (Lipinski definition) is 2. The van der Waals surface area contributed by atoms with Crippen LogP contribution in [0.1, 0.15) is 18.7 Å². The lowest BCUT2D eigenvalue weighted by molar-refractivity contribution is 0.670. The van der Waals surface area contributed by atoms with Crippen LogP contribution in [0, 0.1) is 0 Å². The second-order valence-corrected chi connectivity index (χ2v) is 5.15. The highest BCUT2D eigenvalue weighted by atomic mass is 79.9. The van der Waals surface area contributed by atoms with Crippen molar-refractivity contribution in [1.29, 1.82) is 0 Å². The van der Waals surface area contributed by atoms with Crippen molar-refractivity contribution in [2.45, 2.75) is 25.3 Å². The molecule has 0 unspecified atom stereocenters. The van der Waals surface area contributed by atoms with E-state index in [2.05, 4.69) is 37.3 Å². The molecule has 1 aliphatic rings. The van der Waals surface area contributed by atoms with Gasteiger partial charge >= 0.3 is 0 Å². The normalized spacial score (nSPS) is 15.8. The van der Waals surface area contributed by atoms with Gasteiger partial charge in [-0.1, -0.05) is 6.07 Å². The number of rotatable bonds is 4. The molecule has 2 aromatic rings. The molecular weight excluding hydrogens is 266 g/mol. The summed E-state index contributed by atoms with van der Waals surface area (Å²) in [6.45, 7) is 1.02. The van der Waals surface area contributed by atoms with E-state index < -0.39 is 0 Å². The first-order chi connectivity index (χ1) is 7.83. The zero-order valence-electron chi connectivity index (χ0n) is 8.96. The molecule has 0 radical (unpaired) electrons. The molecule has 1 saturated carbocycles. The summed E-state index contributed by atoms with van der Waals surface area (Å²) in [5.74, 6) is 1.06. The van der Waals surface area contributed by atoms with Gasteiger partial charge in [0.25, 0.3) is 0 Å². The van der Waals surface area contributed by atoms with Crippen LogP contribution in [-0.2, 0) is 6.42 Å². The molecule has 0 atom stereocenters. The first-order valence-electron chi connectivity index (χ1n) is 5.69. The van der Waals surface area contributed by atoms with E-state index in [1.807, 2.05) is 12.1 Å². The first kappa shape index (κ1) is 10.3. The third-order valence-electron chi connectivity index (χ3n) is 2.88. The Balaban J connectivity index is 1.73. The molecule has 3 rings (SSSR count). The van der Waals surface area contributed by atoms with Crippen LogP contribution in [0.15, 0.2) is 22.7 Å². The summed E-state index contributed by atoms with van der Waals surface area (Å²) >= 11 is 3.51. The van der Waals surface area contributed by atoms with Gasteiger partial charge in [-0.3, -0.25) is 0 Å². The van der Waals surface area contributed by atoms with E-state index in [0.29, 0.717) is 0 Å². The van der Waals surface area contributed by atoms with Gasteiger partial charge in [-0.15, -0.1) is 0 Å². The Morgan fingerprint density at radius 1 is 1.44 bits per heavy atom. The number of aromatic amines is 1.